The quantitative estimate of drug-likeness (QED) is 0.775. The van der Waals surface area contributed by atoms with Crippen molar-refractivity contribution in [3.8, 4) is 0 Å². The van der Waals surface area contributed by atoms with E-state index < -0.39 is 5.91 Å². The van der Waals surface area contributed by atoms with E-state index in [9.17, 15) is 9.59 Å². The van der Waals surface area contributed by atoms with Gasteiger partial charge in [-0.25, -0.2) is 0 Å². The van der Waals surface area contributed by atoms with Crippen molar-refractivity contribution < 1.29 is 9.59 Å². The van der Waals surface area contributed by atoms with E-state index >= 15 is 0 Å². The number of hydrogen-bond acceptors (Lipinski definition) is 3. The summed E-state index contributed by atoms with van der Waals surface area (Å²) in [5.41, 5.74) is 6.76. The molecule has 1 aliphatic rings. The van der Waals surface area contributed by atoms with Gasteiger partial charge in [0.1, 0.15) is 0 Å². The number of nitrogens with two attached hydrogens (primary N) is 1. The third kappa shape index (κ3) is 4.86. The lowest BCUT2D eigenvalue weighted by Gasteiger charge is -2.26. The van der Waals surface area contributed by atoms with E-state index in [0.717, 1.165) is 31.5 Å². The first kappa shape index (κ1) is 15.5. The highest BCUT2D eigenvalue weighted by Gasteiger charge is 2.15. The van der Waals surface area contributed by atoms with Gasteiger partial charge in [-0.2, -0.15) is 0 Å². The number of hydrogen-bond donors (Lipinski definition) is 2. The van der Waals surface area contributed by atoms with Gasteiger partial charge in [0, 0.05) is 38.2 Å². The van der Waals surface area contributed by atoms with Crippen LogP contribution in [0.25, 0.3) is 0 Å². The zero-order valence-electron chi connectivity index (χ0n) is 12.3. The van der Waals surface area contributed by atoms with Crippen LogP contribution in [0.15, 0.2) is 24.3 Å². The Hall–Kier alpha value is -1.88. The highest BCUT2D eigenvalue weighted by Crippen LogP contribution is 2.09. The third-order valence-corrected chi connectivity index (χ3v) is 3.77. The molecule has 1 aromatic rings. The summed E-state index contributed by atoms with van der Waals surface area (Å²) in [6.07, 6.45) is 4.01. The topological polar surface area (TPSA) is 75.4 Å². The zero-order chi connectivity index (χ0) is 15.1. The number of nitrogens with one attached hydrogen (secondary N) is 1. The van der Waals surface area contributed by atoms with E-state index in [4.69, 9.17) is 5.73 Å². The minimum atomic E-state index is -0.419. The van der Waals surface area contributed by atoms with Crippen LogP contribution in [0.3, 0.4) is 0 Å². The van der Waals surface area contributed by atoms with Gasteiger partial charge in [-0.3, -0.25) is 9.59 Å². The summed E-state index contributed by atoms with van der Waals surface area (Å²) in [5, 5.41) is 3.24. The Bertz CT molecular complexity index is 496. The van der Waals surface area contributed by atoms with Gasteiger partial charge in [-0.05, 0) is 37.0 Å². The fourth-order valence-corrected chi connectivity index (χ4v) is 2.56. The van der Waals surface area contributed by atoms with Crippen LogP contribution in [0.4, 0.5) is 0 Å². The van der Waals surface area contributed by atoms with Gasteiger partial charge < -0.3 is 16.0 Å². The fourth-order valence-electron chi connectivity index (χ4n) is 2.56. The maximum absolute atomic E-state index is 12.0. The fraction of sp³-hybridized carbons (Fsp3) is 0.500. The molecule has 2 amide bonds. The Kier molecular flexibility index (Phi) is 5.75. The number of benzene rings is 1. The van der Waals surface area contributed by atoms with Crippen molar-refractivity contribution in [2.45, 2.75) is 32.2 Å². The standard InChI is InChI=1S/C16H23N3O2/c17-16(21)14-6-4-5-13(11-14)12-18-8-7-15(20)19-9-2-1-3-10-19/h4-6,11,18H,1-3,7-10,12H2,(H2,17,21). The second kappa shape index (κ2) is 7.78. The van der Waals surface area contributed by atoms with Crippen molar-refractivity contribution in [2.24, 2.45) is 5.73 Å². The number of carbonyl (C=O) groups excluding carboxylic acids is 2. The molecular formula is C16H23N3O2. The Morgan fingerprint density at radius 3 is 2.67 bits per heavy atom. The highest BCUT2D eigenvalue weighted by atomic mass is 16.2. The number of likely N-dealkylation sites (tertiary alicyclic amines) is 1. The highest BCUT2D eigenvalue weighted by molar-refractivity contribution is 5.92. The smallest absolute Gasteiger partial charge is 0.248 e. The summed E-state index contributed by atoms with van der Waals surface area (Å²) in [4.78, 5) is 25.0. The van der Waals surface area contributed by atoms with E-state index in [0.29, 0.717) is 25.1 Å². The van der Waals surface area contributed by atoms with Crippen LogP contribution in [0.2, 0.25) is 0 Å². The third-order valence-electron chi connectivity index (χ3n) is 3.77. The molecule has 0 aliphatic carbocycles. The van der Waals surface area contributed by atoms with Crippen LogP contribution >= 0.6 is 0 Å². The zero-order valence-corrected chi connectivity index (χ0v) is 12.3. The molecule has 0 radical (unpaired) electrons. The Balaban J connectivity index is 1.70. The first-order valence-corrected chi connectivity index (χ1v) is 7.54. The molecule has 1 aromatic carbocycles. The van der Waals surface area contributed by atoms with Gasteiger partial charge in [-0.1, -0.05) is 12.1 Å². The van der Waals surface area contributed by atoms with Crippen molar-refractivity contribution in [1.29, 1.82) is 0 Å². The van der Waals surface area contributed by atoms with Crippen LogP contribution < -0.4 is 11.1 Å². The van der Waals surface area contributed by atoms with Crippen molar-refractivity contribution in [2.75, 3.05) is 19.6 Å². The second-order valence-corrected chi connectivity index (χ2v) is 5.43. The molecule has 3 N–H and O–H groups in total. The monoisotopic (exact) mass is 289 g/mol. The summed E-state index contributed by atoms with van der Waals surface area (Å²) in [6.45, 7) is 3.09. The average Bonchev–Trinajstić information content (AvgIpc) is 2.52. The summed E-state index contributed by atoms with van der Waals surface area (Å²) < 4.78 is 0. The van der Waals surface area contributed by atoms with E-state index in [1.54, 1.807) is 12.1 Å². The average molecular weight is 289 g/mol. The van der Waals surface area contributed by atoms with Gasteiger partial charge in [0.25, 0.3) is 0 Å². The Labute approximate surface area is 125 Å². The first-order valence-electron chi connectivity index (χ1n) is 7.54. The maximum atomic E-state index is 12.0. The largest absolute Gasteiger partial charge is 0.366 e. The van der Waals surface area contributed by atoms with E-state index in [1.165, 1.54) is 6.42 Å². The van der Waals surface area contributed by atoms with Crippen molar-refractivity contribution in [3.63, 3.8) is 0 Å². The number of nitrogens with zero attached hydrogens (tertiary/aromatic N) is 1. The predicted molar refractivity (Wildman–Crippen MR) is 81.7 cm³/mol. The molecule has 5 nitrogen and oxygen atoms in total. The molecule has 0 aromatic heterocycles. The van der Waals surface area contributed by atoms with Gasteiger partial charge in [0.15, 0.2) is 0 Å². The van der Waals surface area contributed by atoms with Crippen LogP contribution in [-0.4, -0.2) is 36.3 Å². The molecule has 2 rings (SSSR count). The maximum Gasteiger partial charge on any atom is 0.248 e. The molecule has 1 heterocycles. The normalized spacial score (nSPS) is 15.0. The molecule has 114 valence electrons. The van der Waals surface area contributed by atoms with Crippen molar-refractivity contribution in [1.82, 2.24) is 10.2 Å². The molecule has 21 heavy (non-hydrogen) atoms. The van der Waals surface area contributed by atoms with Crippen LogP contribution in [0.1, 0.15) is 41.6 Å². The molecule has 0 atom stereocenters. The molecule has 5 heteroatoms. The molecule has 0 bridgehead atoms. The number of carbonyl (C=O) groups is 2. The first-order chi connectivity index (χ1) is 10.2. The molecule has 1 aliphatic heterocycles. The van der Waals surface area contributed by atoms with E-state index in [2.05, 4.69) is 5.32 Å². The minimum absolute atomic E-state index is 0.230. The molecular weight excluding hydrogens is 266 g/mol. The minimum Gasteiger partial charge on any atom is -0.366 e. The molecule has 1 saturated heterocycles. The van der Waals surface area contributed by atoms with Gasteiger partial charge in [-0.15, -0.1) is 0 Å². The number of piperidine rings is 1. The molecule has 0 spiro atoms. The van der Waals surface area contributed by atoms with Crippen LogP contribution in [0, 0.1) is 0 Å². The number of primary amides is 1. The van der Waals surface area contributed by atoms with Gasteiger partial charge >= 0.3 is 0 Å². The van der Waals surface area contributed by atoms with Crippen molar-refractivity contribution >= 4 is 11.8 Å². The molecule has 0 saturated carbocycles. The molecule has 1 fully saturated rings. The van der Waals surface area contributed by atoms with Gasteiger partial charge in [0.05, 0.1) is 0 Å². The predicted octanol–water partition coefficient (Wildman–Crippen LogP) is 1.28. The molecule has 0 unspecified atom stereocenters. The second-order valence-electron chi connectivity index (χ2n) is 5.43. The number of amides is 2. The number of rotatable bonds is 6. The summed E-state index contributed by atoms with van der Waals surface area (Å²) in [6, 6.07) is 7.23. The summed E-state index contributed by atoms with van der Waals surface area (Å²) >= 11 is 0. The van der Waals surface area contributed by atoms with E-state index in [-0.39, 0.29) is 5.91 Å². The lowest BCUT2D eigenvalue weighted by Crippen LogP contribution is -2.37. The summed E-state index contributed by atoms with van der Waals surface area (Å²) in [5.74, 6) is -0.190. The SMILES string of the molecule is NC(=O)c1cccc(CNCCC(=O)N2CCCCC2)c1. The van der Waals surface area contributed by atoms with E-state index in [1.807, 2.05) is 17.0 Å². The van der Waals surface area contributed by atoms with Crippen LogP contribution in [-0.2, 0) is 11.3 Å². The van der Waals surface area contributed by atoms with Crippen molar-refractivity contribution in [3.05, 3.63) is 35.4 Å². The Morgan fingerprint density at radius 2 is 1.95 bits per heavy atom. The lowest BCUT2D eigenvalue weighted by atomic mass is 10.1. The Morgan fingerprint density at radius 1 is 1.19 bits per heavy atom. The summed E-state index contributed by atoms with van der Waals surface area (Å²) in [7, 11) is 0. The lowest BCUT2D eigenvalue weighted by molar-refractivity contribution is -0.131. The van der Waals surface area contributed by atoms with Crippen LogP contribution in [0.5, 0.6) is 0 Å². The van der Waals surface area contributed by atoms with Gasteiger partial charge in [0.2, 0.25) is 11.8 Å².